The number of carbonyl (C=O) groups is 4. The van der Waals surface area contributed by atoms with E-state index in [1.54, 1.807) is 24.3 Å². The van der Waals surface area contributed by atoms with Gasteiger partial charge < -0.3 is 15.3 Å². The summed E-state index contributed by atoms with van der Waals surface area (Å²) >= 11 is 1.49. The lowest BCUT2D eigenvalue weighted by Gasteiger charge is -2.31. The topological polar surface area (TPSA) is 116 Å². The highest BCUT2D eigenvalue weighted by Crippen LogP contribution is 2.33. The van der Waals surface area contributed by atoms with Gasteiger partial charge in [0.05, 0.1) is 24.7 Å². The summed E-state index contributed by atoms with van der Waals surface area (Å²) in [6, 6.07) is 16.2. The van der Waals surface area contributed by atoms with Crippen LogP contribution in [0.15, 0.2) is 83.8 Å². The standard InChI is InChI=1S/C28H29N3O5S/c32-24(21(15-19-9-3-1-4-10-19)30-27(35)20-11-5-2-6-12-20)16-29-22-18-37-25-14-8-7-13-23(25)31(28(22)36)17-26(33)34/h1-12,14,21-23,29H,13,15-18H2,(H,30,35)(H,33,34). The molecule has 3 N–H and O–H groups in total. The molecule has 3 atom stereocenters. The number of nitrogens with zero attached hydrogens (tertiary/aromatic N) is 1. The minimum atomic E-state index is -1.09. The highest BCUT2D eigenvalue weighted by Gasteiger charge is 2.37. The maximum Gasteiger partial charge on any atom is 0.323 e. The van der Waals surface area contributed by atoms with E-state index in [0.29, 0.717) is 24.2 Å². The Bertz CT molecular complexity index is 1200. The van der Waals surface area contributed by atoms with Gasteiger partial charge in [0.15, 0.2) is 5.78 Å². The molecule has 2 aromatic rings. The molecule has 0 radical (unpaired) electrons. The average molecular weight is 520 g/mol. The van der Waals surface area contributed by atoms with Crippen molar-refractivity contribution in [3.63, 3.8) is 0 Å². The minimum Gasteiger partial charge on any atom is -0.480 e. The van der Waals surface area contributed by atoms with E-state index < -0.39 is 24.6 Å². The van der Waals surface area contributed by atoms with Crippen LogP contribution in [0.25, 0.3) is 0 Å². The Hall–Kier alpha value is -3.69. The quantitative estimate of drug-likeness (QED) is 0.442. The molecular formula is C28H29N3O5S. The van der Waals surface area contributed by atoms with E-state index in [4.69, 9.17) is 0 Å². The van der Waals surface area contributed by atoms with Crippen LogP contribution in [0.3, 0.4) is 0 Å². The molecule has 192 valence electrons. The van der Waals surface area contributed by atoms with Crippen LogP contribution in [0.1, 0.15) is 22.3 Å². The van der Waals surface area contributed by atoms with E-state index >= 15 is 0 Å². The van der Waals surface area contributed by atoms with E-state index in [2.05, 4.69) is 10.6 Å². The van der Waals surface area contributed by atoms with Gasteiger partial charge in [-0.2, -0.15) is 0 Å². The molecule has 0 aromatic heterocycles. The van der Waals surface area contributed by atoms with Crippen molar-refractivity contribution in [1.29, 1.82) is 0 Å². The number of carbonyl (C=O) groups excluding carboxylic acids is 3. The zero-order valence-electron chi connectivity index (χ0n) is 20.2. The number of nitrogens with one attached hydrogen (secondary N) is 2. The highest BCUT2D eigenvalue weighted by atomic mass is 32.2. The second-order valence-corrected chi connectivity index (χ2v) is 9.99. The molecule has 2 aromatic carbocycles. The van der Waals surface area contributed by atoms with E-state index in [0.717, 1.165) is 10.5 Å². The number of thioether (sulfide) groups is 1. The third kappa shape index (κ3) is 6.96. The van der Waals surface area contributed by atoms with Gasteiger partial charge in [0.2, 0.25) is 5.91 Å². The summed E-state index contributed by atoms with van der Waals surface area (Å²) in [5.41, 5.74) is 1.34. The van der Waals surface area contributed by atoms with Crippen LogP contribution in [0.2, 0.25) is 0 Å². The summed E-state index contributed by atoms with van der Waals surface area (Å²) < 4.78 is 0. The number of aliphatic carboxylic acids is 1. The van der Waals surface area contributed by atoms with Crippen LogP contribution in [0.4, 0.5) is 0 Å². The van der Waals surface area contributed by atoms with Gasteiger partial charge >= 0.3 is 5.97 Å². The van der Waals surface area contributed by atoms with Crippen LogP contribution < -0.4 is 10.6 Å². The molecule has 8 nitrogen and oxygen atoms in total. The first-order valence-electron chi connectivity index (χ1n) is 12.1. The number of hydrogen-bond acceptors (Lipinski definition) is 6. The number of hydrogen-bond donors (Lipinski definition) is 3. The Morgan fingerprint density at radius 3 is 2.46 bits per heavy atom. The van der Waals surface area contributed by atoms with Crippen molar-refractivity contribution in [2.75, 3.05) is 18.8 Å². The Kier molecular flexibility index (Phi) is 8.92. The summed E-state index contributed by atoms with van der Waals surface area (Å²) in [7, 11) is 0. The van der Waals surface area contributed by atoms with Gasteiger partial charge in [-0.1, -0.05) is 66.8 Å². The number of fused-ring (bicyclic) bond motifs is 1. The van der Waals surface area contributed by atoms with Gasteiger partial charge in [-0.15, -0.1) is 11.8 Å². The summed E-state index contributed by atoms with van der Waals surface area (Å²) in [6.45, 7) is -0.558. The molecule has 1 fully saturated rings. The van der Waals surface area contributed by atoms with Gasteiger partial charge in [-0.05, 0) is 30.5 Å². The minimum absolute atomic E-state index is 0.146. The Morgan fingerprint density at radius 1 is 1.05 bits per heavy atom. The first kappa shape index (κ1) is 26.4. The molecule has 4 rings (SSSR count). The monoisotopic (exact) mass is 519 g/mol. The zero-order valence-corrected chi connectivity index (χ0v) is 21.0. The lowest BCUT2D eigenvalue weighted by molar-refractivity contribution is -0.146. The fourth-order valence-electron chi connectivity index (χ4n) is 4.38. The van der Waals surface area contributed by atoms with Gasteiger partial charge in [0, 0.05) is 16.2 Å². The predicted molar refractivity (Wildman–Crippen MR) is 142 cm³/mol. The molecule has 1 heterocycles. The predicted octanol–water partition coefficient (Wildman–Crippen LogP) is 2.43. The van der Waals surface area contributed by atoms with Crippen molar-refractivity contribution in [3.05, 3.63) is 94.9 Å². The summed E-state index contributed by atoms with van der Waals surface area (Å²) in [5, 5.41) is 15.3. The number of carboxylic acids is 1. The van der Waals surface area contributed by atoms with E-state index in [9.17, 15) is 24.3 Å². The number of carboxylic acid groups (broad SMARTS) is 1. The number of benzene rings is 2. The third-order valence-corrected chi connectivity index (χ3v) is 7.54. The molecule has 1 aliphatic carbocycles. The molecule has 0 bridgehead atoms. The normalized spacial score (nSPS) is 19.8. The molecular weight excluding hydrogens is 490 g/mol. The molecule has 2 amide bonds. The molecule has 2 aliphatic rings. The smallest absolute Gasteiger partial charge is 0.323 e. The summed E-state index contributed by atoms with van der Waals surface area (Å²) in [4.78, 5) is 53.3. The van der Waals surface area contributed by atoms with Crippen molar-refractivity contribution in [3.8, 4) is 0 Å². The number of ketones is 1. The molecule has 3 unspecified atom stereocenters. The molecule has 0 spiro atoms. The van der Waals surface area contributed by atoms with Crippen molar-refractivity contribution in [1.82, 2.24) is 15.5 Å². The Balaban J connectivity index is 1.47. The Labute approximate surface area is 219 Å². The van der Waals surface area contributed by atoms with E-state index in [1.807, 2.05) is 54.6 Å². The van der Waals surface area contributed by atoms with Gasteiger partial charge in [-0.3, -0.25) is 24.5 Å². The molecule has 0 saturated carbocycles. The van der Waals surface area contributed by atoms with E-state index in [1.165, 1.54) is 16.7 Å². The van der Waals surface area contributed by atoms with Crippen LogP contribution in [0.5, 0.6) is 0 Å². The van der Waals surface area contributed by atoms with Gasteiger partial charge in [0.25, 0.3) is 5.91 Å². The zero-order chi connectivity index (χ0) is 26.2. The van der Waals surface area contributed by atoms with Crippen molar-refractivity contribution < 1.29 is 24.3 Å². The summed E-state index contributed by atoms with van der Waals surface area (Å²) in [6.07, 6.45) is 6.58. The van der Waals surface area contributed by atoms with Gasteiger partial charge in [-0.25, -0.2) is 0 Å². The molecule has 9 heteroatoms. The fraction of sp³-hybridized carbons (Fsp3) is 0.286. The van der Waals surface area contributed by atoms with Crippen LogP contribution in [-0.4, -0.2) is 70.5 Å². The lowest BCUT2D eigenvalue weighted by Crippen LogP contribution is -2.54. The van der Waals surface area contributed by atoms with Crippen molar-refractivity contribution in [2.24, 2.45) is 0 Å². The molecule has 37 heavy (non-hydrogen) atoms. The lowest BCUT2D eigenvalue weighted by atomic mass is 10.0. The SMILES string of the molecule is O=C(O)CN1C(=O)C(NCC(=O)C(Cc2ccccc2)NC(=O)c2ccccc2)CSC2=CC=CCC21. The van der Waals surface area contributed by atoms with Crippen LogP contribution >= 0.6 is 11.8 Å². The van der Waals surface area contributed by atoms with E-state index in [-0.39, 0.29) is 30.2 Å². The van der Waals surface area contributed by atoms with Crippen LogP contribution in [-0.2, 0) is 20.8 Å². The first-order valence-corrected chi connectivity index (χ1v) is 13.1. The average Bonchev–Trinajstić information content (AvgIpc) is 3.04. The second kappa shape index (κ2) is 12.5. The number of amides is 2. The van der Waals surface area contributed by atoms with Gasteiger partial charge in [0.1, 0.15) is 6.54 Å². The fourth-order valence-corrected chi connectivity index (χ4v) is 5.59. The van der Waals surface area contributed by atoms with Crippen molar-refractivity contribution in [2.45, 2.75) is 31.0 Å². The number of allylic oxidation sites excluding steroid dienone is 2. The largest absolute Gasteiger partial charge is 0.480 e. The highest BCUT2D eigenvalue weighted by molar-refractivity contribution is 8.03. The van der Waals surface area contributed by atoms with Crippen LogP contribution in [0, 0.1) is 0 Å². The number of rotatable bonds is 10. The maximum absolute atomic E-state index is 13.3. The molecule has 1 saturated heterocycles. The maximum atomic E-state index is 13.3. The molecule has 1 aliphatic heterocycles. The number of Topliss-reactive ketones (excluding diaryl/α,β-unsaturated/α-hetero) is 1. The first-order chi connectivity index (χ1) is 17.9. The second-order valence-electron chi connectivity index (χ2n) is 8.90. The Morgan fingerprint density at radius 2 is 1.76 bits per heavy atom. The summed E-state index contributed by atoms with van der Waals surface area (Å²) in [5.74, 6) is -1.68. The third-order valence-electron chi connectivity index (χ3n) is 6.30. The van der Waals surface area contributed by atoms with Crippen molar-refractivity contribution >= 4 is 35.3 Å².